The first kappa shape index (κ1) is 20.9. The third kappa shape index (κ3) is 4.86. The Morgan fingerprint density at radius 3 is 2.15 bits per heavy atom. The largest absolute Gasteiger partial charge is 0.416 e. The number of halogens is 7. The molecule has 1 fully saturated rings. The molecule has 0 radical (unpaired) electrons. The van der Waals surface area contributed by atoms with Gasteiger partial charge < -0.3 is 10.4 Å². The lowest BCUT2D eigenvalue weighted by atomic mass is 9.92. The second kappa shape index (κ2) is 8.10. The first-order valence-corrected chi connectivity index (χ1v) is 8.09. The maximum atomic E-state index is 14.5. The van der Waals surface area contributed by atoms with Crippen LogP contribution in [0.3, 0.4) is 0 Å². The van der Waals surface area contributed by atoms with Crippen LogP contribution < -0.4 is 5.32 Å². The monoisotopic (exact) mass is 388 g/mol. The van der Waals surface area contributed by atoms with E-state index in [1.165, 1.54) is 0 Å². The average molecular weight is 388 g/mol. The van der Waals surface area contributed by atoms with Gasteiger partial charge in [-0.2, -0.15) is 26.3 Å². The lowest BCUT2D eigenvalue weighted by Crippen LogP contribution is -2.45. The molecule has 0 aliphatic carbocycles. The standard InChI is InChI=1S/C16H19F7N2O/c17-12-9-10(15(18,19)20)8-11(16(21,22)23)14(12)13(2-1-7-26)25-5-3-24-4-6-25/h8-9,13,24,26H,1-7H2/t13-/m0/s1. The van der Waals surface area contributed by atoms with Gasteiger partial charge >= 0.3 is 12.4 Å². The molecule has 1 aromatic rings. The van der Waals surface area contributed by atoms with Gasteiger partial charge in [0.2, 0.25) is 0 Å². The molecule has 1 heterocycles. The number of aliphatic hydroxyl groups is 1. The third-order valence-electron chi connectivity index (χ3n) is 4.32. The van der Waals surface area contributed by atoms with Crippen molar-refractivity contribution in [3.05, 3.63) is 34.6 Å². The minimum absolute atomic E-state index is 0.00185. The second-order valence-corrected chi connectivity index (χ2v) is 6.08. The lowest BCUT2D eigenvalue weighted by Gasteiger charge is -2.36. The zero-order valence-corrected chi connectivity index (χ0v) is 13.7. The van der Waals surface area contributed by atoms with Crippen molar-refractivity contribution in [3.8, 4) is 0 Å². The number of nitrogens with one attached hydrogen (secondary N) is 1. The zero-order chi connectivity index (χ0) is 19.5. The van der Waals surface area contributed by atoms with Crippen molar-refractivity contribution in [2.24, 2.45) is 0 Å². The van der Waals surface area contributed by atoms with Gasteiger partial charge in [-0.25, -0.2) is 4.39 Å². The summed E-state index contributed by atoms with van der Waals surface area (Å²) >= 11 is 0. The normalized spacial score (nSPS) is 18.2. The van der Waals surface area contributed by atoms with E-state index in [0.29, 0.717) is 26.2 Å². The highest BCUT2D eigenvalue weighted by Gasteiger charge is 2.42. The summed E-state index contributed by atoms with van der Waals surface area (Å²) in [4.78, 5) is 1.60. The molecular weight excluding hydrogens is 369 g/mol. The molecule has 148 valence electrons. The smallest absolute Gasteiger partial charge is 0.396 e. The van der Waals surface area contributed by atoms with E-state index in [9.17, 15) is 30.7 Å². The Labute approximate surface area is 145 Å². The topological polar surface area (TPSA) is 35.5 Å². The fourth-order valence-corrected chi connectivity index (χ4v) is 3.14. The summed E-state index contributed by atoms with van der Waals surface area (Å²) in [6, 6.07) is -0.992. The summed E-state index contributed by atoms with van der Waals surface area (Å²) in [5, 5.41) is 12.0. The molecule has 0 saturated carbocycles. The van der Waals surface area contributed by atoms with Crippen LogP contribution in [0.1, 0.15) is 35.6 Å². The first-order chi connectivity index (χ1) is 12.1. The Bertz CT molecular complexity index is 610. The number of alkyl halides is 6. The number of nitrogens with zero attached hydrogens (tertiary/aromatic N) is 1. The Balaban J connectivity index is 2.58. The Morgan fingerprint density at radius 1 is 1.04 bits per heavy atom. The Hall–Kier alpha value is -1.39. The van der Waals surface area contributed by atoms with Gasteiger partial charge in [0.15, 0.2) is 0 Å². The van der Waals surface area contributed by atoms with Gasteiger partial charge in [0.25, 0.3) is 0 Å². The van der Waals surface area contributed by atoms with Crippen molar-refractivity contribution in [1.29, 1.82) is 0 Å². The van der Waals surface area contributed by atoms with Crippen LogP contribution >= 0.6 is 0 Å². The molecule has 1 aliphatic heterocycles. The molecule has 26 heavy (non-hydrogen) atoms. The molecule has 0 unspecified atom stereocenters. The number of hydrogen-bond donors (Lipinski definition) is 2. The molecule has 2 N–H and O–H groups in total. The number of hydrogen-bond acceptors (Lipinski definition) is 3. The molecule has 1 atom stereocenters. The van der Waals surface area contributed by atoms with Crippen LogP contribution in [-0.2, 0) is 12.4 Å². The predicted molar refractivity (Wildman–Crippen MR) is 79.9 cm³/mol. The number of aliphatic hydroxyl groups excluding tert-OH is 1. The Morgan fingerprint density at radius 2 is 1.65 bits per heavy atom. The van der Waals surface area contributed by atoms with E-state index in [0.717, 1.165) is 0 Å². The molecule has 0 spiro atoms. The fourth-order valence-electron chi connectivity index (χ4n) is 3.14. The highest BCUT2D eigenvalue weighted by atomic mass is 19.4. The van der Waals surface area contributed by atoms with E-state index < -0.39 is 40.9 Å². The van der Waals surface area contributed by atoms with Gasteiger partial charge in [-0.1, -0.05) is 0 Å². The number of rotatable bonds is 5. The molecular formula is C16H19F7N2O. The maximum Gasteiger partial charge on any atom is 0.416 e. The molecule has 10 heteroatoms. The minimum Gasteiger partial charge on any atom is -0.396 e. The van der Waals surface area contributed by atoms with Crippen LogP contribution in [0.4, 0.5) is 30.7 Å². The highest BCUT2D eigenvalue weighted by Crippen LogP contribution is 2.42. The van der Waals surface area contributed by atoms with E-state index in [2.05, 4.69) is 5.32 Å². The Kier molecular flexibility index (Phi) is 6.51. The van der Waals surface area contributed by atoms with Crippen molar-refractivity contribution in [2.75, 3.05) is 32.8 Å². The lowest BCUT2D eigenvalue weighted by molar-refractivity contribution is -0.144. The molecule has 0 aromatic heterocycles. The summed E-state index contributed by atoms with van der Waals surface area (Å²) < 4.78 is 93.3. The molecule has 3 nitrogen and oxygen atoms in total. The molecule has 1 aromatic carbocycles. The SMILES string of the molecule is OCCC[C@@H](c1c(F)cc(C(F)(F)F)cc1C(F)(F)F)N1CCNCC1. The van der Waals surface area contributed by atoms with Crippen molar-refractivity contribution >= 4 is 0 Å². The molecule has 0 bridgehead atoms. The van der Waals surface area contributed by atoms with E-state index >= 15 is 0 Å². The van der Waals surface area contributed by atoms with Crippen LogP contribution in [0, 0.1) is 5.82 Å². The van der Waals surface area contributed by atoms with E-state index in [-0.39, 0.29) is 31.6 Å². The third-order valence-corrected chi connectivity index (χ3v) is 4.32. The quantitative estimate of drug-likeness (QED) is 0.757. The number of benzene rings is 1. The molecule has 2 rings (SSSR count). The minimum atomic E-state index is -5.14. The highest BCUT2D eigenvalue weighted by molar-refractivity contribution is 5.39. The van der Waals surface area contributed by atoms with Crippen molar-refractivity contribution in [2.45, 2.75) is 31.2 Å². The van der Waals surface area contributed by atoms with Crippen molar-refractivity contribution in [1.82, 2.24) is 10.2 Å². The van der Waals surface area contributed by atoms with E-state index in [1.54, 1.807) is 4.90 Å². The van der Waals surface area contributed by atoms with Gasteiger partial charge in [0, 0.05) is 44.4 Å². The summed E-state index contributed by atoms with van der Waals surface area (Å²) in [6.45, 7) is 1.28. The van der Waals surface area contributed by atoms with Gasteiger partial charge in [-0.3, -0.25) is 4.90 Å². The molecule has 1 saturated heterocycles. The average Bonchev–Trinajstić information content (AvgIpc) is 2.55. The van der Waals surface area contributed by atoms with Crippen molar-refractivity contribution in [3.63, 3.8) is 0 Å². The maximum absolute atomic E-state index is 14.5. The van der Waals surface area contributed by atoms with Crippen LogP contribution in [0.15, 0.2) is 12.1 Å². The second-order valence-electron chi connectivity index (χ2n) is 6.08. The summed E-state index contributed by atoms with van der Waals surface area (Å²) in [7, 11) is 0. The van der Waals surface area contributed by atoms with Gasteiger partial charge in [0.1, 0.15) is 5.82 Å². The van der Waals surface area contributed by atoms with E-state index in [1.807, 2.05) is 0 Å². The molecule has 1 aliphatic rings. The van der Waals surface area contributed by atoms with Gasteiger partial charge in [0.05, 0.1) is 11.1 Å². The summed E-state index contributed by atoms with van der Waals surface area (Å²) in [5.74, 6) is -1.53. The number of piperazine rings is 1. The fraction of sp³-hybridized carbons (Fsp3) is 0.625. The zero-order valence-electron chi connectivity index (χ0n) is 13.7. The first-order valence-electron chi connectivity index (χ1n) is 8.09. The van der Waals surface area contributed by atoms with E-state index in [4.69, 9.17) is 5.11 Å². The summed E-state index contributed by atoms with van der Waals surface area (Å²) in [6.07, 6.45) is -10.1. The van der Waals surface area contributed by atoms with Crippen molar-refractivity contribution < 1.29 is 35.8 Å². The molecule has 0 amide bonds. The van der Waals surface area contributed by atoms with Crippen LogP contribution in [-0.4, -0.2) is 42.8 Å². The summed E-state index contributed by atoms with van der Waals surface area (Å²) in [5.41, 5.74) is -4.08. The predicted octanol–water partition coefficient (Wildman–Crippen LogP) is 3.58. The van der Waals surface area contributed by atoms with Crippen LogP contribution in [0.25, 0.3) is 0 Å². The van der Waals surface area contributed by atoms with Gasteiger partial charge in [-0.05, 0) is 25.0 Å². The van der Waals surface area contributed by atoms with Crippen LogP contribution in [0.5, 0.6) is 0 Å². The van der Waals surface area contributed by atoms with Crippen LogP contribution in [0.2, 0.25) is 0 Å². The van der Waals surface area contributed by atoms with Gasteiger partial charge in [-0.15, -0.1) is 0 Å².